The van der Waals surface area contributed by atoms with E-state index in [1.807, 2.05) is 27.9 Å². The van der Waals surface area contributed by atoms with Gasteiger partial charge in [-0.3, -0.25) is 4.79 Å². The SMILES string of the molecule is CCOC(=O)c1[nH]c2c(c1N=CN(C)C)C(=O)CC(C)(C)C2. The lowest BCUT2D eigenvalue weighted by Gasteiger charge is -2.28. The zero-order valence-electron chi connectivity index (χ0n) is 13.8. The Morgan fingerprint density at radius 2 is 2.09 bits per heavy atom. The van der Waals surface area contributed by atoms with Crippen LogP contribution in [-0.4, -0.2) is 48.7 Å². The lowest BCUT2D eigenvalue weighted by molar-refractivity contribution is 0.0521. The molecule has 0 radical (unpaired) electrons. The van der Waals surface area contributed by atoms with Gasteiger partial charge in [-0.05, 0) is 18.8 Å². The molecule has 6 nitrogen and oxygen atoms in total. The fourth-order valence-electron chi connectivity index (χ4n) is 2.69. The molecule has 1 N–H and O–H groups in total. The Labute approximate surface area is 130 Å². The molecule has 0 atom stereocenters. The maximum absolute atomic E-state index is 12.5. The van der Waals surface area contributed by atoms with E-state index in [-0.39, 0.29) is 23.5 Å². The molecule has 1 heterocycles. The third-order valence-electron chi connectivity index (χ3n) is 3.52. The summed E-state index contributed by atoms with van der Waals surface area (Å²) in [5, 5.41) is 0. The number of fused-ring (bicyclic) bond motifs is 1. The monoisotopic (exact) mass is 305 g/mol. The second-order valence-electron chi connectivity index (χ2n) is 6.57. The minimum absolute atomic E-state index is 0.0176. The Hall–Kier alpha value is -2.11. The third kappa shape index (κ3) is 3.21. The van der Waals surface area contributed by atoms with Gasteiger partial charge in [-0.1, -0.05) is 13.8 Å². The minimum atomic E-state index is -0.478. The summed E-state index contributed by atoms with van der Waals surface area (Å²) in [6, 6.07) is 0. The Balaban J connectivity index is 2.55. The number of rotatable bonds is 4. The standard InChI is InChI=1S/C16H23N3O3/c1-6-22-15(21)14-13(17-9-19(4)5)12-10(18-14)7-16(2,3)8-11(12)20/h9,18H,6-8H2,1-5H3. The molecule has 1 aromatic heterocycles. The van der Waals surface area contributed by atoms with Crippen LogP contribution < -0.4 is 0 Å². The van der Waals surface area contributed by atoms with Crippen molar-refractivity contribution in [2.75, 3.05) is 20.7 Å². The summed E-state index contributed by atoms with van der Waals surface area (Å²) < 4.78 is 5.07. The molecule has 0 saturated heterocycles. The molecule has 0 unspecified atom stereocenters. The van der Waals surface area contributed by atoms with Gasteiger partial charge in [0.2, 0.25) is 0 Å². The van der Waals surface area contributed by atoms with Crippen LogP contribution in [0.5, 0.6) is 0 Å². The summed E-state index contributed by atoms with van der Waals surface area (Å²) in [6.07, 6.45) is 2.74. The van der Waals surface area contributed by atoms with E-state index in [9.17, 15) is 9.59 Å². The van der Waals surface area contributed by atoms with E-state index < -0.39 is 5.97 Å². The van der Waals surface area contributed by atoms with Crippen LogP contribution in [0.3, 0.4) is 0 Å². The molecule has 0 spiro atoms. The predicted molar refractivity (Wildman–Crippen MR) is 85.0 cm³/mol. The molecule has 1 aliphatic carbocycles. The van der Waals surface area contributed by atoms with Crippen molar-refractivity contribution in [1.82, 2.24) is 9.88 Å². The number of nitrogens with zero attached hydrogens (tertiary/aromatic N) is 2. The molecule has 0 aromatic carbocycles. The molecule has 0 aliphatic heterocycles. The molecule has 1 aromatic rings. The van der Waals surface area contributed by atoms with E-state index in [4.69, 9.17) is 4.74 Å². The molecule has 120 valence electrons. The number of ether oxygens (including phenoxy) is 1. The quantitative estimate of drug-likeness (QED) is 0.527. The van der Waals surface area contributed by atoms with Crippen molar-refractivity contribution < 1.29 is 14.3 Å². The highest BCUT2D eigenvalue weighted by atomic mass is 16.5. The van der Waals surface area contributed by atoms with Crippen molar-refractivity contribution >= 4 is 23.8 Å². The van der Waals surface area contributed by atoms with Crippen molar-refractivity contribution in [3.05, 3.63) is 17.0 Å². The number of ketones is 1. The van der Waals surface area contributed by atoms with E-state index in [2.05, 4.69) is 9.98 Å². The maximum atomic E-state index is 12.5. The molecule has 0 fully saturated rings. The van der Waals surface area contributed by atoms with Gasteiger partial charge in [0.1, 0.15) is 5.69 Å². The average molecular weight is 305 g/mol. The second-order valence-corrected chi connectivity index (χ2v) is 6.57. The van der Waals surface area contributed by atoms with Gasteiger partial charge in [-0.15, -0.1) is 0 Å². The van der Waals surface area contributed by atoms with E-state index in [1.54, 1.807) is 18.2 Å². The number of carbonyl (C=O) groups excluding carboxylic acids is 2. The highest BCUT2D eigenvalue weighted by molar-refractivity contribution is 6.08. The Kier molecular flexibility index (Phi) is 4.39. The van der Waals surface area contributed by atoms with Gasteiger partial charge in [-0.25, -0.2) is 9.79 Å². The molecule has 6 heteroatoms. The first kappa shape index (κ1) is 16.3. The number of aromatic nitrogens is 1. The number of H-pyrrole nitrogens is 1. The predicted octanol–water partition coefficient (Wildman–Crippen LogP) is 2.57. The molecule has 2 rings (SSSR count). The van der Waals surface area contributed by atoms with Crippen LogP contribution in [0.25, 0.3) is 0 Å². The summed E-state index contributed by atoms with van der Waals surface area (Å²) in [7, 11) is 3.66. The summed E-state index contributed by atoms with van der Waals surface area (Å²) in [5.41, 5.74) is 1.83. The lowest BCUT2D eigenvalue weighted by Crippen LogP contribution is -2.26. The van der Waals surface area contributed by atoms with Crippen molar-refractivity contribution in [2.24, 2.45) is 10.4 Å². The Morgan fingerprint density at radius 1 is 1.41 bits per heavy atom. The van der Waals surface area contributed by atoms with Crippen LogP contribution in [-0.2, 0) is 11.2 Å². The van der Waals surface area contributed by atoms with Crippen molar-refractivity contribution in [3.8, 4) is 0 Å². The lowest BCUT2D eigenvalue weighted by atomic mass is 9.76. The number of nitrogens with one attached hydrogen (secondary N) is 1. The largest absolute Gasteiger partial charge is 0.461 e. The number of aliphatic imine (C=N–C) groups is 1. The first-order valence-corrected chi connectivity index (χ1v) is 7.41. The van der Waals surface area contributed by atoms with Gasteiger partial charge < -0.3 is 14.6 Å². The van der Waals surface area contributed by atoms with Crippen molar-refractivity contribution in [1.29, 1.82) is 0 Å². The van der Waals surface area contributed by atoms with Crippen LogP contribution in [0.4, 0.5) is 5.69 Å². The average Bonchev–Trinajstić information content (AvgIpc) is 2.73. The normalized spacial score (nSPS) is 16.7. The van der Waals surface area contributed by atoms with Crippen LogP contribution in [0.2, 0.25) is 0 Å². The van der Waals surface area contributed by atoms with Gasteiger partial charge in [0, 0.05) is 26.2 Å². The van der Waals surface area contributed by atoms with Gasteiger partial charge in [0.15, 0.2) is 11.5 Å². The van der Waals surface area contributed by atoms with Gasteiger partial charge in [0.25, 0.3) is 0 Å². The summed E-state index contributed by atoms with van der Waals surface area (Å²) in [6.45, 7) is 6.11. The number of aromatic amines is 1. The van der Waals surface area contributed by atoms with E-state index in [1.165, 1.54) is 0 Å². The molecule has 1 aliphatic rings. The maximum Gasteiger partial charge on any atom is 0.357 e. The first-order chi connectivity index (χ1) is 10.2. The van der Waals surface area contributed by atoms with Crippen LogP contribution in [0, 0.1) is 5.41 Å². The highest BCUT2D eigenvalue weighted by Crippen LogP contribution is 2.40. The molecule has 22 heavy (non-hydrogen) atoms. The van der Waals surface area contributed by atoms with Crippen LogP contribution in [0.1, 0.15) is 53.7 Å². The zero-order chi connectivity index (χ0) is 16.5. The van der Waals surface area contributed by atoms with Gasteiger partial charge in [0.05, 0.1) is 18.5 Å². The Bertz CT molecular complexity index is 627. The van der Waals surface area contributed by atoms with Crippen molar-refractivity contribution in [3.63, 3.8) is 0 Å². The number of carbonyl (C=O) groups is 2. The topological polar surface area (TPSA) is 74.8 Å². The summed E-state index contributed by atoms with van der Waals surface area (Å²) >= 11 is 0. The number of hydrogen-bond acceptors (Lipinski definition) is 4. The molecular weight excluding hydrogens is 282 g/mol. The van der Waals surface area contributed by atoms with Crippen LogP contribution >= 0.6 is 0 Å². The highest BCUT2D eigenvalue weighted by Gasteiger charge is 2.36. The smallest absolute Gasteiger partial charge is 0.357 e. The Morgan fingerprint density at radius 3 is 2.68 bits per heavy atom. The summed E-state index contributed by atoms with van der Waals surface area (Å²) in [4.78, 5) is 33.8. The molecule has 0 saturated carbocycles. The summed E-state index contributed by atoms with van der Waals surface area (Å²) in [5.74, 6) is -0.461. The van der Waals surface area contributed by atoms with E-state index in [0.717, 1.165) is 5.69 Å². The van der Waals surface area contributed by atoms with E-state index >= 15 is 0 Å². The number of esters is 1. The van der Waals surface area contributed by atoms with Gasteiger partial charge in [-0.2, -0.15) is 0 Å². The second kappa shape index (κ2) is 5.94. The van der Waals surface area contributed by atoms with Crippen molar-refractivity contribution in [2.45, 2.75) is 33.6 Å². The zero-order valence-corrected chi connectivity index (χ0v) is 13.8. The number of hydrogen-bond donors (Lipinski definition) is 1. The fraction of sp³-hybridized carbons (Fsp3) is 0.562. The van der Waals surface area contributed by atoms with E-state index in [0.29, 0.717) is 24.1 Å². The fourth-order valence-corrected chi connectivity index (χ4v) is 2.69. The van der Waals surface area contributed by atoms with Crippen LogP contribution in [0.15, 0.2) is 4.99 Å². The molecular formula is C16H23N3O3. The third-order valence-corrected chi connectivity index (χ3v) is 3.52. The number of Topliss-reactive ketones (excluding diaryl/α,β-unsaturated/α-hetero) is 1. The minimum Gasteiger partial charge on any atom is -0.461 e. The first-order valence-electron chi connectivity index (χ1n) is 7.41. The van der Waals surface area contributed by atoms with Gasteiger partial charge >= 0.3 is 5.97 Å². The molecule has 0 amide bonds. The molecule has 0 bridgehead atoms.